The third-order valence-corrected chi connectivity index (χ3v) is 4.59. The summed E-state index contributed by atoms with van der Waals surface area (Å²) in [6.07, 6.45) is -1.48. The first-order valence-electron chi connectivity index (χ1n) is 8.69. The molecule has 0 unspecified atom stereocenters. The van der Waals surface area contributed by atoms with Crippen molar-refractivity contribution in [1.29, 1.82) is 0 Å². The number of carbonyl (C=O) groups is 2. The van der Waals surface area contributed by atoms with Crippen LogP contribution in [0.25, 0.3) is 0 Å². The highest BCUT2D eigenvalue weighted by Gasteiger charge is 2.30. The Bertz CT molecular complexity index is 821. The molecule has 2 atom stereocenters. The second-order valence-electron chi connectivity index (χ2n) is 6.40. The first-order valence-corrected chi connectivity index (χ1v) is 8.69. The van der Waals surface area contributed by atoms with Crippen molar-refractivity contribution in [2.45, 2.75) is 18.6 Å². The monoisotopic (exact) mass is 370 g/mol. The molecule has 3 rings (SSSR count). The van der Waals surface area contributed by atoms with Gasteiger partial charge in [-0.2, -0.15) is 0 Å². The van der Waals surface area contributed by atoms with E-state index in [1.165, 1.54) is 4.90 Å². The third-order valence-electron chi connectivity index (χ3n) is 4.59. The van der Waals surface area contributed by atoms with E-state index in [9.17, 15) is 19.8 Å². The molecule has 2 aromatic rings. The van der Waals surface area contributed by atoms with E-state index in [0.717, 1.165) is 0 Å². The van der Waals surface area contributed by atoms with E-state index in [-0.39, 0.29) is 18.4 Å². The number of benzene rings is 2. The van der Waals surface area contributed by atoms with Crippen LogP contribution in [0.2, 0.25) is 0 Å². The van der Waals surface area contributed by atoms with Crippen LogP contribution in [0.15, 0.2) is 48.5 Å². The fourth-order valence-electron chi connectivity index (χ4n) is 2.99. The van der Waals surface area contributed by atoms with Gasteiger partial charge in [0.05, 0.1) is 30.6 Å². The summed E-state index contributed by atoms with van der Waals surface area (Å²) in [7, 11) is 1.55. The van der Waals surface area contributed by atoms with Crippen LogP contribution in [0, 0.1) is 0 Å². The number of aliphatic hydroxyl groups excluding tert-OH is 2. The quantitative estimate of drug-likeness (QED) is 0.758. The standard InChI is InChI=1S/C20H22N2O5/c1-27-14-8-6-13(7-9-14)19(25)21-16-5-3-2-4-15(16)20(26)22-11-10-17(23)18(24)12-22/h2-9,17-18,23-24H,10-12H2,1H3,(H,21,25)/t17-,18+/m1/s1. The fraction of sp³-hybridized carbons (Fsp3) is 0.300. The average molecular weight is 370 g/mol. The van der Waals surface area contributed by atoms with E-state index in [2.05, 4.69) is 5.32 Å². The highest BCUT2D eigenvalue weighted by molar-refractivity contribution is 6.09. The number of hydrogen-bond acceptors (Lipinski definition) is 5. The first-order chi connectivity index (χ1) is 13.0. The molecule has 2 aromatic carbocycles. The van der Waals surface area contributed by atoms with Crippen LogP contribution in [0.1, 0.15) is 27.1 Å². The summed E-state index contributed by atoms with van der Waals surface area (Å²) in [5, 5.41) is 22.2. The molecular formula is C20H22N2O5. The number of piperidine rings is 1. The van der Waals surface area contributed by atoms with Crippen molar-refractivity contribution in [2.75, 3.05) is 25.5 Å². The van der Waals surface area contributed by atoms with Crippen molar-refractivity contribution in [3.05, 3.63) is 59.7 Å². The van der Waals surface area contributed by atoms with Crippen LogP contribution >= 0.6 is 0 Å². The Labute approximate surface area is 157 Å². The van der Waals surface area contributed by atoms with Gasteiger partial charge >= 0.3 is 0 Å². The SMILES string of the molecule is COc1ccc(C(=O)Nc2ccccc2C(=O)N2CC[C@@H](O)[C@@H](O)C2)cc1. The molecular weight excluding hydrogens is 348 g/mol. The Hall–Kier alpha value is -2.90. The molecule has 3 N–H and O–H groups in total. The highest BCUT2D eigenvalue weighted by Crippen LogP contribution is 2.21. The van der Waals surface area contributed by atoms with E-state index >= 15 is 0 Å². The number of β-amino-alcohol motifs (C(OH)–C–C–N with tert-alkyl or cyclic N) is 1. The molecule has 7 heteroatoms. The van der Waals surface area contributed by atoms with E-state index < -0.39 is 12.2 Å². The molecule has 142 valence electrons. The number of amides is 2. The number of nitrogens with one attached hydrogen (secondary N) is 1. The molecule has 0 radical (unpaired) electrons. The summed E-state index contributed by atoms with van der Waals surface area (Å²) >= 11 is 0. The maximum atomic E-state index is 12.8. The maximum absolute atomic E-state index is 12.8. The molecule has 1 saturated heterocycles. The van der Waals surface area contributed by atoms with Crippen molar-refractivity contribution in [3.8, 4) is 5.75 Å². The largest absolute Gasteiger partial charge is 0.497 e. The number of likely N-dealkylation sites (tertiary alicyclic amines) is 1. The van der Waals surface area contributed by atoms with Crippen molar-refractivity contribution >= 4 is 17.5 Å². The van der Waals surface area contributed by atoms with Gasteiger partial charge in [-0.05, 0) is 42.8 Å². The lowest BCUT2D eigenvalue weighted by molar-refractivity contribution is -0.0321. The van der Waals surface area contributed by atoms with E-state index in [4.69, 9.17) is 4.74 Å². The van der Waals surface area contributed by atoms with Crippen LogP contribution < -0.4 is 10.1 Å². The molecule has 1 heterocycles. The van der Waals surface area contributed by atoms with Crippen LogP contribution in [-0.2, 0) is 0 Å². The Balaban J connectivity index is 1.77. The summed E-state index contributed by atoms with van der Waals surface area (Å²) in [5.74, 6) is 0.00607. The summed E-state index contributed by atoms with van der Waals surface area (Å²) in [5.41, 5.74) is 1.17. The number of aliphatic hydroxyl groups is 2. The number of carbonyl (C=O) groups excluding carboxylic acids is 2. The smallest absolute Gasteiger partial charge is 0.256 e. The predicted molar refractivity (Wildman–Crippen MR) is 99.9 cm³/mol. The van der Waals surface area contributed by atoms with Crippen molar-refractivity contribution in [3.63, 3.8) is 0 Å². The minimum atomic E-state index is -0.969. The van der Waals surface area contributed by atoms with Gasteiger partial charge in [0.15, 0.2) is 0 Å². The third kappa shape index (κ3) is 4.27. The number of nitrogens with zero attached hydrogens (tertiary/aromatic N) is 1. The number of methoxy groups -OCH3 is 1. The van der Waals surface area contributed by atoms with E-state index in [1.54, 1.807) is 55.6 Å². The Morgan fingerprint density at radius 1 is 1.07 bits per heavy atom. The Morgan fingerprint density at radius 3 is 2.44 bits per heavy atom. The molecule has 7 nitrogen and oxygen atoms in total. The molecule has 27 heavy (non-hydrogen) atoms. The zero-order valence-corrected chi connectivity index (χ0v) is 15.0. The zero-order valence-electron chi connectivity index (χ0n) is 15.0. The molecule has 0 saturated carbocycles. The zero-order chi connectivity index (χ0) is 19.4. The summed E-state index contributed by atoms with van der Waals surface area (Å²) in [4.78, 5) is 26.8. The molecule has 2 amide bonds. The second kappa shape index (κ2) is 8.20. The van der Waals surface area contributed by atoms with E-state index in [1.807, 2.05) is 0 Å². The molecule has 0 aliphatic carbocycles. The number of rotatable bonds is 4. The van der Waals surface area contributed by atoms with Gasteiger partial charge in [-0.15, -0.1) is 0 Å². The first kappa shape index (κ1) is 18.9. The lowest BCUT2D eigenvalue weighted by Crippen LogP contribution is -2.49. The van der Waals surface area contributed by atoms with Crippen LogP contribution in [0.5, 0.6) is 5.75 Å². The van der Waals surface area contributed by atoms with Crippen LogP contribution in [0.3, 0.4) is 0 Å². The van der Waals surface area contributed by atoms with Crippen molar-refractivity contribution in [1.82, 2.24) is 4.90 Å². The molecule has 1 aliphatic rings. The summed E-state index contributed by atoms with van der Waals surface area (Å²) in [6.45, 7) is 0.401. The van der Waals surface area contributed by atoms with Crippen molar-refractivity contribution in [2.24, 2.45) is 0 Å². The van der Waals surface area contributed by atoms with Gasteiger partial charge in [0.25, 0.3) is 11.8 Å². The van der Waals surface area contributed by atoms with Gasteiger partial charge in [0.2, 0.25) is 0 Å². The van der Waals surface area contributed by atoms with Gasteiger partial charge in [-0.25, -0.2) is 0 Å². The minimum Gasteiger partial charge on any atom is -0.497 e. The Kier molecular flexibility index (Phi) is 5.73. The number of para-hydroxylation sites is 1. The summed E-state index contributed by atoms with van der Waals surface area (Å²) < 4.78 is 5.08. The van der Waals surface area contributed by atoms with Gasteiger partial charge in [-0.3, -0.25) is 9.59 Å². The predicted octanol–water partition coefficient (Wildman–Crippen LogP) is 1.52. The van der Waals surface area contributed by atoms with Gasteiger partial charge < -0.3 is 25.2 Å². The number of anilines is 1. The van der Waals surface area contributed by atoms with Gasteiger partial charge in [-0.1, -0.05) is 12.1 Å². The topological polar surface area (TPSA) is 99.1 Å². The van der Waals surface area contributed by atoms with Crippen LogP contribution in [-0.4, -0.2) is 59.3 Å². The van der Waals surface area contributed by atoms with Gasteiger partial charge in [0.1, 0.15) is 5.75 Å². The molecule has 0 spiro atoms. The lowest BCUT2D eigenvalue weighted by atomic mass is 10.0. The fourth-order valence-corrected chi connectivity index (χ4v) is 2.99. The average Bonchev–Trinajstić information content (AvgIpc) is 2.70. The molecule has 0 aromatic heterocycles. The number of hydrogen-bond donors (Lipinski definition) is 3. The van der Waals surface area contributed by atoms with E-state index in [0.29, 0.717) is 35.5 Å². The highest BCUT2D eigenvalue weighted by atomic mass is 16.5. The van der Waals surface area contributed by atoms with Crippen molar-refractivity contribution < 1.29 is 24.5 Å². The maximum Gasteiger partial charge on any atom is 0.256 e. The Morgan fingerprint density at radius 2 is 1.78 bits per heavy atom. The lowest BCUT2D eigenvalue weighted by Gasteiger charge is -2.33. The molecule has 1 aliphatic heterocycles. The normalized spacial score (nSPS) is 19.4. The molecule has 1 fully saturated rings. The minimum absolute atomic E-state index is 0.0563. The molecule has 0 bridgehead atoms. The van der Waals surface area contributed by atoms with Gasteiger partial charge in [0, 0.05) is 18.7 Å². The summed E-state index contributed by atoms with van der Waals surface area (Å²) in [6, 6.07) is 13.4. The van der Waals surface area contributed by atoms with Crippen LogP contribution in [0.4, 0.5) is 5.69 Å². The number of ether oxygens (including phenoxy) is 1. The second-order valence-corrected chi connectivity index (χ2v) is 6.40.